The molecule has 0 aliphatic carbocycles. The number of para-hydroxylation sites is 1. The lowest BCUT2D eigenvalue weighted by Crippen LogP contribution is -2.48. The molecular formula is C18H18N4O5S. The molecule has 10 heteroatoms. The fourth-order valence-electron chi connectivity index (χ4n) is 2.14. The second-order valence-electron chi connectivity index (χ2n) is 5.51. The third-order valence-electron chi connectivity index (χ3n) is 3.43. The van der Waals surface area contributed by atoms with Gasteiger partial charge in [-0.2, -0.15) is 0 Å². The Morgan fingerprint density at radius 1 is 1.11 bits per heavy atom. The number of benzene rings is 2. The average molecular weight is 402 g/mol. The van der Waals surface area contributed by atoms with Gasteiger partial charge in [0.2, 0.25) is 0 Å². The number of nitrogens with one attached hydrogen (secondary N) is 3. The topological polar surface area (TPSA) is 123 Å². The van der Waals surface area contributed by atoms with Crippen molar-refractivity contribution in [2.75, 3.05) is 6.61 Å². The van der Waals surface area contributed by atoms with Crippen molar-refractivity contribution >= 4 is 34.8 Å². The van der Waals surface area contributed by atoms with Gasteiger partial charge in [0.15, 0.2) is 5.11 Å². The lowest BCUT2D eigenvalue weighted by atomic mass is 10.2. The Hall–Kier alpha value is -3.53. The molecule has 2 rings (SSSR count). The van der Waals surface area contributed by atoms with E-state index in [0.717, 1.165) is 12.5 Å². The minimum atomic E-state index is -0.646. The SMILES string of the molecule is CCCOc1ccccc1C(=O)NC(=S)NNC(=O)c1cccc([N+](=O)[O-])c1. The molecule has 0 heterocycles. The Morgan fingerprint density at radius 3 is 2.57 bits per heavy atom. The van der Waals surface area contributed by atoms with Crippen LogP contribution in [0.5, 0.6) is 5.75 Å². The summed E-state index contributed by atoms with van der Waals surface area (Å²) in [5.41, 5.74) is 4.80. The van der Waals surface area contributed by atoms with E-state index in [1.807, 2.05) is 6.92 Å². The van der Waals surface area contributed by atoms with Gasteiger partial charge in [0.25, 0.3) is 17.5 Å². The van der Waals surface area contributed by atoms with Crippen LogP contribution in [0, 0.1) is 10.1 Å². The van der Waals surface area contributed by atoms with Gasteiger partial charge in [0.1, 0.15) is 5.75 Å². The molecule has 3 N–H and O–H groups in total. The molecule has 0 aliphatic rings. The summed E-state index contributed by atoms with van der Waals surface area (Å²) in [5.74, 6) is -0.731. The standard InChI is InChI=1S/C18H18N4O5S/c1-2-10-27-15-9-4-3-8-14(15)17(24)19-18(28)21-20-16(23)12-6-5-7-13(11-12)22(25)26/h3-9,11H,2,10H2,1H3,(H,20,23)(H2,19,21,24,28). The van der Waals surface area contributed by atoms with Crippen molar-refractivity contribution in [2.45, 2.75) is 13.3 Å². The summed E-state index contributed by atoms with van der Waals surface area (Å²) in [6.07, 6.45) is 0.791. The number of rotatable bonds is 6. The number of nitro benzene ring substituents is 1. The maximum Gasteiger partial charge on any atom is 0.270 e. The van der Waals surface area contributed by atoms with Crippen molar-refractivity contribution in [1.29, 1.82) is 0 Å². The quantitative estimate of drug-likeness (QED) is 0.385. The van der Waals surface area contributed by atoms with Crippen molar-refractivity contribution in [1.82, 2.24) is 16.2 Å². The van der Waals surface area contributed by atoms with Gasteiger partial charge < -0.3 is 4.74 Å². The lowest BCUT2D eigenvalue weighted by Gasteiger charge is -2.13. The average Bonchev–Trinajstić information content (AvgIpc) is 2.70. The number of thiocarbonyl (C=S) groups is 1. The van der Waals surface area contributed by atoms with E-state index in [9.17, 15) is 19.7 Å². The zero-order valence-electron chi connectivity index (χ0n) is 14.9. The molecule has 0 spiro atoms. The summed E-state index contributed by atoms with van der Waals surface area (Å²) in [6.45, 7) is 2.41. The number of hydrogen-bond acceptors (Lipinski definition) is 6. The molecule has 0 fully saturated rings. The highest BCUT2D eigenvalue weighted by molar-refractivity contribution is 7.80. The van der Waals surface area contributed by atoms with Crippen LogP contribution in [0.1, 0.15) is 34.1 Å². The predicted octanol–water partition coefficient (Wildman–Crippen LogP) is 2.33. The van der Waals surface area contributed by atoms with Crippen LogP contribution in [-0.4, -0.2) is 28.5 Å². The fraction of sp³-hybridized carbons (Fsp3) is 0.167. The largest absolute Gasteiger partial charge is 0.493 e. The molecule has 2 amide bonds. The normalized spacial score (nSPS) is 9.89. The van der Waals surface area contributed by atoms with Crippen LogP contribution in [0.3, 0.4) is 0 Å². The number of ether oxygens (including phenoxy) is 1. The zero-order valence-corrected chi connectivity index (χ0v) is 15.7. The van der Waals surface area contributed by atoms with E-state index in [1.165, 1.54) is 18.2 Å². The fourth-order valence-corrected chi connectivity index (χ4v) is 2.28. The van der Waals surface area contributed by atoms with Gasteiger partial charge in [0, 0.05) is 17.7 Å². The van der Waals surface area contributed by atoms with Crippen LogP contribution < -0.4 is 20.9 Å². The summed E-state index contributed by atoms with van der Waals surface area (Å²) < 4.78 is 5.53. The summed E-state index contributed by atoms with van der Waals surface area (Å²) in [4.78, 5) is 34.6. The highest BCUT2D eigenvalue weighted by atomic mass is 32.1. The summed E-state index contributed by atoms with van der Waals surface area (Å²) in [5, 5.41) is 13.1. The molecule has 146 valence electrons. The first-order valence-corrected chi connectivity index (χ1v) is 8.71. The second-order valence-corrected chi connectivity index (χ2v) is 5.92. The van der Waals surface area contributed by atoms with Crippen LogP contribution in [-0.2, 0) is 0 Å². The summed E-state index contributed by atoms with van der Waals surface area (Å²) >= 11 is 4.99. The van der Waals surface area contributed by atoms with Crippen LogP contribution in [0.2, 0.25) is 0 Å². The van der Waals surface area contributed by atoms with Crippen LogP contribution in [0.4, 0.5) is 5.69 Å². The van der Waals surface area contributed by atoms with Crippen molar-refractivity contribution in [3.63, 3.8) is 0 Å². The Morgan fingerprint density at radius 2 is 1.86 bits per heavy atom. The molecule has 0 aliphatic heterocycles. The first-order valence-electron chi connectivity index (χ1n) is 8.30. The number of nitrogens with zero attached hydrogens (tertiary/aromatic N) is 1. The van der Waals surface area contributed by atoms with Crippen LogP contribution in [0.15, 0.2) is 48.5 Å². The molecule has 0 unspecified atom stereocenters. The maximum absolute atomic E-state index is 12.4. The molecule has 2 aromatic carbocycles. The van der Waals surface area contributed by atoms with Gasteiger partial charge >= 0.3 is 0 Å². The molecule has 0 bridgehead atoms. The van der Waals surface area contributed by atoms with E-state index in [0.29, 0.717) is 17.9 Å². The van der Waals surface area contributed by atoms with Gasteiger partial charge in [0.05, 0.1) is 17.1 Å². The maximum atomic E-state index is 12.4. The molecule has 0 aromatic heterocycles. The summed E-state index contributed by atoms with van der Waals surface area (Å²) in [6, 6.07) is 11.9. The smallest absolute Gasteiger partial charge is 0.270 e. The van der Waals surface area contributed by atoms with Crippen molar-refractivity contribution in [3.8, 4) is 5.75 Å². The number of hydrazine groups is 1. The monoisotopic (exact) mass is 402 g/mol. The Bertz CT molecular complexity index is 903. The highest BCUT2D eigenvalue weighted by Crippen LogP contribution is 2.18. The van der Waals surface area contributed by atoms with Crippen molar-refractivity contribution in [2.24, 2.45) is 0 Å². The molecule has 0 saturated heterocycles. The molecule has 0 saturated carbocycles. The van der Waals surface area contributed by atoms with Gasteiger partial charge in [-0.15, -0.1) is 0 Å². The van der Waals surface area contributed by atoms with Crippen molar-refractivity contribution in [3.05, 3.63) is 69.8 Å². The third kappa shape index (κ3) is 5.74. The minimum Gasteiger partial charge on any atom is -0.493 e. The minimum absolute atomic E-state index is 0.0640. The third-order valence-corrected chi connectivity index (χ3v) is 3.63. The number of hydrogen-bond donors (Lipinski definition) is 3. The van der Waals surface area contributed by atoms with E-state index in [4.69, 9.17) is 17.0 Å². The van der Waals surface area contributed by atoms with E-state index in [1.54, 1.807) is 24.3 Å². The molecule has 2 aromatic rings. The van der Waals surface area contributed by atoms with E-state index < -0.39 is 16.7 Å². The number of carbonyl (C=O) groups excluding carboxylic acids is 2. The van der Waals surface area contributed by atoms with Gasteiger partial charge in [-0.05, 0) is 36.8 Å². The summed E-state index contributed by atoms with van der Waals surface area (Å²) in [7, 11) is 0. The number of non-ortho nitro benzene ring substituents is 1. The second kappa shape index (κ2) is 9.97. The zero-order chi connectivity index (χ0) is 20.5. The first-order chi connectivity index (χ1) is 13.4. The van der Waals surface area contributed by atoms with E-state index >= 15 is 0 Å². The number of amides is 2. The van der Waals surface area contributed by atoms with Gasteiger partial charge in [-0.25, -0.2) is 0 Å². The molecule has 9 nitrogen and oxygen atoms in total. The molecule has 28 heavy (non-hydrogen) atoms. The highest BCUT2D eigenvalue weighted by Gasteiger charge is 2.15. The molecule has 0 atom stereocenters. The Kier molecular flexibility index (Phi) is 7.40. The van der Waals surface area contributed by atoms with E-state index in [-0.39, 0.29) is 16.4 Å². The predicted molar refractivity (Wildman–Crippen MR) is 106 cm³/mol. The number of carbonyl (C=O) groups is 2. The van der Waals surface area contributed by atoms with Crippen LogP contribution in [0.25, 0.3) is 0 Å². The lowest BCUT2D eigenvalue weighted by molar-refractivity contribution is -0.384. The van der Waals surface area contributed by atoms with Crippen molar-refractivity contribution < 1.29 is 19.2 Å². The van der Waals surface area contributed by atoms with Crippen LogP contribution >= 0.6 is 12.2 Å². The molecular weight excluding hydrogens is 384 g/mol. The van der Waals surface area contributed by atoms with E-state index in [2.05, 4.69) is 16.2 Å². The number of nitro groups is 1. The van der Waals surface area contributed by atoms with Gasteiger partial charge in [-0.3, -0.25) is 35.9 Å². The van der Waals surface area contributed by atoms with Gasteiger partial charge in [-0.1, -0.05) is 25.1 Å². The molecule has 0 radical (unpaired) electrons. The Balaban J connectivity index is 1.94. The first kappa shape index (κ1) is 20.8. The Labute approximate surface area is 166 Å².